The number of rotatable bonds is 3. The molecule has 1 aromatic heterocycles. The molecule has 1 atom stereocenters. The van der Waals surface area contributed by atoms with E-state index >= 15 is 0 Å². The van der Waals surface area contributed by atoms with Gasteiger partial charge in [-0.1, -0.05) is 77.4 Å². The van der Waals surface area contributed by atoms with E-state index in [0.717, 1.165) is 17.2 Å². The van der Waals surface area contributed by atoms with E-state index in [9.17, 15) is 0 Å². The van der Waals surface area contributed by atoms with Gasteiger partial charge in [0.15, 0.2) is 0 Å². The van der Waals surface area contributed by atoms with Crippen molar-refractivity contribution in [3.05, 3.63) is 118 Å². The number of aromatic nitrogens is 2. The summed E-state index contributed by atoms with van der Waals surface area (Å²) in [6, 6.07) is 26.1. The number of benzene rings is 3. The van der Waals surface area contributed by atoms with Gasteiger partial charge >= 0.3 is 0 Å². The highest BCUT2D eigenvalue weighted by Crippen LogP contribution is 2.44. The summed E-state index contributed by atoms with van der Waals surface area (Å²) in [5, 5.41) is 8.82. The Kier molecular flexibility index (Phi) is 4.78. The molecular weight excluding hydrogens is 390 g/mol. The topological polar surface area (TPSA) is 29.9 Å². The van der Waals surface area contributed by atoms with Crippen LogP contribution in [0.4, 0.5) is 5.82 Å². The molecule has 0 saturated carbocycles. The van der Waals surface area contributed by atoms with Crippen LogP contribution >= 0.6 is 0 Å². The van der Waals surface area contributed by atoms with E-state index in [-0.39, 0.29) is 5.54 Å². The molecule has 0 spiro atoms. The van der Waals surface area contributed by atoms with Crippen molar-refractivity contribution in [3.63, 3.8) is 0 Å². The van der Waals surface area contributed by atoms with E-state index in [1.54, 1.807) is 0 Å². The number of nitrogens with zero attached hydrogens (tertiary/aromatic N) is 2. The van der Waals surface area contributed by atoms with E-state index in [1.807, 2.05) is 0 Å². The first-order chi connectivity index (χ1) is 15.3. The van der Waals surface area contributed by atoms with Crippen molar-refractivity contribution >= 4 is 11.4 Å². The van der Waals surface area contributed by atoms with Gasteiger partial charge in [-0.15, -0.1) is 0 Å². The number of aryl methyl sites for hydroxylation is 4. The lowest BCUT2D eigenvalue weighted by molar-refractivity contribution is 0.671. The number of fused-ring (bicyclic) bond motifs is 1. The quantitative estimate of drug-likeness (QED) is 0.392. The normalized spacial score (nSPS) is 17.5. The average molecular weight is 420 g/mol. The number of hydrogen-bond acceptors (Lipinski definition) is 2. The minimum absolute atomic E-state index is 0.365. The summed E-state index contributed by atoms with van der Waals surface area (Å²) < 4.78 is 2.05. The van der Waals surface area contributed by atoms with E-state index in [4.69, 9.17) is 5.10 Å². The van der Waals surface area contributed by atoms with Crippen LogP contribution in [0.1, 0.15) is 46.0 Å². The maximum atomic E-state index is 4.97. The third-order valence-corrected chi connectivity index (χ3v) is 6.43. The molecule has 0 fully saturated rings. The van der Waals surface area contributed by atoms with E-state index in [2.05, 4.69) is 123 Å². The predicted octanol–water partition coefficient (Wildman–Crippen LogP) is 6.88. The van der Waals surface area contributed by atoms with Crippen LogP contribution in [0.5, 0.6) is 0 Å². The molecule has 0 radical (unpaired) electrons. The first kappa shape index (κ1) is 20.3. The van der Waals surface area contributed by atoms with Gasteiger partial charge < -0.3 is 5.32 Å². The Morgan fingerprint density at radius 1 is 0.719 bits per heavy atom. The van der Waals surface area contributed by atoms with Crippen LogP contribution in [0.2, 0.25) is 0 Å². The van der Waals surface area contributed by atoms with Crippen LogP contribution in [0.25, 0.3) is 11.3 Å². The van der Waals surface area contributed by atoms with Crippen LogP contribution in [-0.4, -0.2) is 9.78 Å². The van der Waals surface area contributed by atoms with Crippen LogP contribution in [0.3, 0.4) is 0 Å². The molecule has 0 saturated heterocycles. The Morgan fingerprint density at radius 2 is 1.25 bits per heavy atom. The molecule has 5 rings (SSSR count). The van der Waals surface area contributed by atoms with Gasteiger partial charge in [0.25, 0.3) is 0 Å². The van der Waals surface area contributed by atoms with Crippen molar-refractivity contribution < 1.29 is 0 Å². The van der Waals surface area contributed by atoms with E-state index in [0.29, 0.717) is 0 Å². The third kappa shape index (κ3) is 3.44. The number of hydrogen-bond donors (Lipinski definition) is 1. The van der Waals surface area contributed by atoms with Crippen LogP contribution in [-0.2, 0) is 5.54 Å². The molecule has 0 bridgehead atoms. The van der Waals surface area contributed by atoms with Crippen molar-refractivity contribution in [1.29, 1.82) is 0 Å². The minimum atomic E-state index is -0.365. The minimum Gasteiger partial charge on any atom is -0.357 e. The van der Waals surface area contributed by atoms with Crippen LogP contribution in [0, 0.1) is 27.7 Å². The fourth-order valence-corrected chi connectivity index (χ4v) is 4.50. The van der Waals surface area contributed by atoms with Gasteiger partial charge in [0.05, 0.1) is 16.9 Å². The molecule has 0 aliphatic carbocycles. The monoisotopic (exact) mass is 419 g/mol. The first-order valence-corrected chi connectivity index (χ1v) is 11.2. The SMILES string of the molecule is Cc1ccc(C2=C[C@@](C)(c3ccc(C)cc3)Nc3c2c(C)nn3-c2ccc(C)cc2)cc1. The summed E-state index contributed by atoms with van der Waals surface area (Å²) in [6.45, 7) is 10.7. The molecule has 0 unspecified atom stereocenters. The standard InChI is InChI=1S/C29H29N3/c1-19-6-12-23(13-7-19)26-18-29(5,24-14-8-20(2)9-15-24)30-28-27(26)22(4)31-32(28)25-16-10-21(3)11-17-25/h6-18,30H,1-5H3/t29-/m0/s1. The second-order valence-electron chi connectivity index (χ2n) is 9.17. The van der Waals surface area contributed by atoms with Gasteiger partial charge in [-0.25, -0.2) is 4.68 Å². The third-order valence-electron chi connectivity index (χ3n) is 6.43. The maximum Gasteiger partial charge on any atom is 0.138 e. The summed E-state index contributed by atoms with van der Waals surface area (Å²) in [6.07, 6.45) is 2.36. The largest absolute Gasteiger partial charge is 0.357 e. The molecule has 3 aromatic carbocycles. The summed E-state index contributed by atoms with van der Waals surface area (Å²) in [7, 11) is 0. The summed E-state index contributed by atoms with van der Waals surface area (Å²) in [5.41, 5.74) is 10.3. The zero-order chi connectivity index (χ0) is 22.5. The van der Waals surface area contributed by atoms with Gasteiger partial charge in [-0.05, 0) is 69.5 Å². The molecule has 1 N–H and O–H groups in total. The van der Waals surface area contributed by atoms with Crippen molar-refractivity contribution in [2.24, 2.45) is 0 Å². The Balaban J connectivity index is 1.74. The van der Waals surface area contributed by atoms with Crippen LogP contribution < -0.4 is 5.32 Å². The Labute approximate surface area is 190 Å². The molecule has 2 heterocycles. The summed E-state index contributed by atoms with van der Waals surface area (Å²) in [4.78, 5) is 0. The molecule has 3 nitrogen and oxygen atoms in total. The van der Waals surface area contributed by atoms with Gasteiger partial charge in [-0.3, -0.25) is 0 Å². The fourth-order valence-electron chi connectivity index (χ4n) is 4.50. The molecule has 0 amide bonds. The van der Waals surface area contributed by atoms with Gasteiger partial charge in [0, 0.05) is 5.56 Å². The summed E-state index contributed by atoms with van der Waals surface area (Å²) >= 11 is 0. The lowest BCUT2D eigenvalue weighted by atomic mass is 9.82. The van der Waals surface area contributed by atoms with Crippen molar-refractivity contribution in [2.75, 3.05) is 5.32 Å². The zero-order valence-corrected chi connectivity index (χ0v) is 19.4. The highest BCUT2D eigenvalue weighted by molar-refractivity contribution is 5.90. The van der Waals surface area contributed by atoms with E-state index < -0.39 is 0 Å². The highest BCUT2D eigenvalue weighted by atomic mass is 15.3. The first-order valence-electron chi connectivity index (χ1n) is 11.2. The average Bonchev–Trinajstić information content (AvgIpc) is 3.10. The molecular formula is C29H29N3. The fraction of sp³-hybridized carbons (Fsp3) is 0.207. The smallest absolute Gasteiger partial charge is 0.138 e. The molecule has 160 valence electrons. The number of anilines is 1. The highest BCUT2D eigenvalue weighted by Gasteiger charge is 2.35. The second kappa shape index (κ2) is 7.52. The second-order valence-corrected chi connectivity index (χ2v) is 9.17. The molecule has 32 heavy (non-hydrogen) atoms. The molecule has 1 aliphatic rings. The maximum absolute atomic E-state index is 4.97. The van der Waals surface area contributed by atoms with Gasteiger partial charge in [0.1, 0.15) is 5.82 Å². The van der Waals surface area contributed by atoms with E-state index in [1.165, 1.54) is 39.0 Å². The number of nitrogens with one attached hydrogen (secondary N) is 1. The Bertz CT molecular complexity index is 1310. The van der Waals surface area contributed by atoms with Crippen molar-refractivity contribution in [3.8, 4) is 5.69 Å². The van der Waals surface area contributed by atoms with Crippen molar-refractivity contribution in [1.82, 2.24) is 9.78 Å². The Morgan fingerprint density at radius 3 is 1.84 bits per heavy atom. The van der Waals surface area contributed by atoms with Crippen molar-refractivity contribution in [2.45, 2.75) is 40.2 Å². The zero-order valence-electron chi connectivity index (χ0n) is 19.4. The lowest BCUT2D eigenvalue weighted by Crippen LogP contribution is -2.34. The van der Waals surface area contributed by atoms with Crippen LogP contribution in [0.15, 0.2) is 78.9 Å². The predicted molar refractivity (Wildman–Crippen MR) is 133 cm³/mol. The Hall–Kier alpha value is -3.59. The molecule has 3 heteroatoms. The molecule has 4 aromatic rings. The lowest BCUT2D eigenvalue weighted by Gasteiger charge is -2.35. The van der Waals surface area contributed by atoms with Gasteiger partial charge in [-0.2, -0.15) is 5.10 Å². The summed E-state index contributed by atoms with van der Waals surface area (Å²) in [5.74, 6) is 1.03. The van der Waals surface area contributed by atoms with Gasteiger partial charge in [0.2, 0.25) is 0 Å². The molecule has 1 aliphatic heterocycles.